The first-order valence-electron chi connectivity index (χ1n) is 12.1. The Balaban J connectivity index is 1.47. The number of hydrogen-bond acceptors (Lipinski definition) is 8. The lowest BCUT2D eigenvalue weighted by molar-refractivity contribution is 0.0436. The van der Waals surface area contributed by atoms with Gasteiger partial charge in [-0.05, 0) is 72.5 Å². The van der Waals surface area contributed by atoms with Gasteiger partial charge in [0.2, 0.25) is 5.75 Å². The summed E-state index contributed by atoms with van der Waals surface area (Å²) in [5.41, 5.74) is 2.22. The van der Waals surface area contributed by atoms with Crippen LogP contribution in [-0.2, 0) is 4.74 Å². The van der Waals surface area contributed by atoms with Crippen molar-refractivity contribution in [3.05, 3.63) is 70.2 Å². The molecule has 9 heteroatoms. The van der Waals surface area contributed by atoms with Gasteiger partial charge in [0, 0.05) is 15.7 Å². The van der Waals surface area contributed by atoms with Gasteiger partial charge < -0.3 is 28.4 Å². The number of thioether (sulfide) groups is 1. The molecule has 1 heterocycles. The Morgan fingerprint density at radius 1 is 0.842 bits per heavy atom. The average molecular weight is 556 g/mol. The number of benzene rings is 3. The van der Waals surface area contributed by atoms with Crippen molar-refractivity contribution in [1.82, 2.24) is 0 Å². The summed E-state index contributed by atoms with van der Waals surface area (Å²) < 4.78 is 34.5. The van der Waals surface area contributed by atoms with E-state index in [9.17, 15) is 5.26 Å². The molecular formula is C29H30ClNO6S. The Morgan fingerprint density at radius 3 is 1.92 bits per heavy atom. The quantitative estimate of drug-likeness (QED) is 0.185. The minimum absolute atomic E-state index is 0.161. The number of methoxy groups -OCH3 is 4. The number of rotatable bonds is 11. The summed E-state index contributed by atoms with van der Waals surface area (Å²) >= 11 is 7.60. The summed E-state index contributed by atoms with van der Waals surface area (Å²) in [6.45, 7) is 0.417. The second-order valence-corrected chi connectivity index (χ2v) is 10.1. The van der Waals surface area contributed by atoms with Crippen LogP contribution in [0.2, 0.25) is 5.02 Å². The lowest BCUT2D eigenvalue weighted by atomic mass is 10.0. The number of halogens is 1. The maximum atomic E-state index is 9.88. The first-order valence-corrected chi connectivity index (χ1v) is 13.5. The predicted octanol–water partition coefficient (Wildman–Crippen LogP) is 7.01. The molecule has 1 aliphatic heterocycles. The fourth-order valence-electron chi connectivity index (χ4n) is 4.44. The lowest BCUT2D eigenvalue weighted by Gasteiger charge is -2.19. The topological polar surface area (TPSA) is 79.2 Å². The average Bonchev–Trinajstić information content (AvgIpc) is 3.45. The van der Waals surface area contributed by atoms with E-state index in [1.807, 2.05) is 48.5 Å². The Labute approximate surface area is 232 Å². The molecule has 2 unspecified atom stereocenters. The SMILES string of the molecule is COc1cc(C2CCC(c3cc(OC)c(OC)c(OC)c3)O2)cc(C#N)c1OCCSc1ccc(Cl)cc1. The van der Waals surface area contributed by atoms with Crippen molar-refractivity contribution in [3.63, 3.8) is 0 Å². The predicted molar refractivity (Wildman–Crippen MR) is 147 cm³/mol. The van der Waals surface area contributed by atoms with Crippen LogP contribution in [-0.4, -0.2) is 40.8 Å². The van der Waals surface area contributed by atoms with E-state index in [1.165, 1.54) is 0 Å². The van der Waals surface area contributed by atoms with Crippen LogP contribution >= 0.6 is 23.4 Å². The highest BCUT2D eigenvalue weighted by Gasteiger charge is 2.31. The molecule has 0 saturated carbocycles. The van der Waals surface area contributed by atoms with E-state index in [-0.39, 0.29) is 12.2 Å². The van der Waals surface area contributed by atoms with Crippen LogP contribution in [0.25, 0.3) is 0 Å². The van der Waals surface area contributed by atoms with Crippen LogP contribution in [0.15, 0.2) is 53.4 Å². The smallest absolute Gasteiger partial charge is 0.203 e. The largest absolute Gasteiger partial charge is 0.493 e. The number of ether oxygens (including phenoxy) is 6. The van der Waals surface area contributed by atoms with Gasteiger partial charge in [0.25, 0.3) is 0 Å². The fraction of sp³-hybridized carbons (Fsp3) is 0.345. The van der Waals surface area contributed by atoms with Crippen molar-refractivity contribution in [2.75, 3.05) is 40.8 Å². The number of nitrogens with zero attached hydrogens (tertiary/aromatic N) is 1. The van der Waals surface area contributed by atoms with E-state index in [1.54, 1.807) is 40.2 Å². The van der Waals surface area contributed by atoms with Crippen LogP contribution in [0.1, 0.15) is 41.7 Å². The second-order valence-electron chi connectivity index (χ2n) is 8.51. The van der Waals surface area contributed by atoms with Crippen LogP contribution in [0.5, 0.6) is 28.7 Å². The summed E-state index contributed by atoms with van der Waals surface area (Å²) in [5, 5.41) is 10.6. The molecule has 0 bridgehead atoms. The van der Waals surface area contributed by atoms with Crippen molar-refractivity contribution >= 4 is 23.4 Å². The van der Waals surface area contributed by atoms with E-state index in [2.05, 4.69) is 6.07 Å². The van der Waals surface area contributed by atoms with Crippen molar-refractivity contribution < 1.29 is 28.4 Å². The summed E-state index contributed by atoms with van der Waals surface area (Å²) in [6.07, 6.45) is 1.22. The molecule has 1 aliphatic rings. The molecule has 3 aromatic carbocycles. The molecule has 2 atom stereocenters. The maximum absolute atomic E-state index is 9.88. The summed E-state index contributed by atoms with van der Waals surface area (Å²) in [4.78, 5) is 1.10. The van der Waals surface area contributed by atoms with E-state index >= 15 is 0 Å². The van der Waals surface area contributed by atoms with Gasteiger partial charge in [0.05, 0.1) is 52.8 Å². The molecule has 3 aromatic rings. The zero-order valence-electron chi connectivity index (χ0n) is 21.8. The molecule has 0 amide bonds. The Bertz CT molecular complexity index is 1270. The molecule has 200 valence electrons. The van der Waals surface area contributed by atoms with E-state index in [4.69, 9.17) is 40.0 Å². The van der Waals surface area contributed by atoms with Crippen LogP contribution in [0.3, 0.4) is 0 Å². The van der Waals surface area contributed by atoms with Gasteiger partial charge in [0.1, 0.15) is 6.07 Å². The standard InChI is InChI=1S/C29H30ClNO6S/c1-32-25-14-18(13-20(17-31)28(25)36-11-12-38-22-7-5-21(30)6-8-22)23-9-10-24(37-23)19-15-26(33-2)29(35-4)27(16-19)34-3/h5-8,13-16,23-24H,9-12H2,1-4H3. The highest BCUT2D eigenvalue weighted by atomic mass is 35.5. The Hall–Kier alpha value is -3.25. The minimum Gasteiger partial charge on any atom is -0.493 e. The minimum atomic E-state index is -0.199. The van der Waals surface area contributed by atoms with E-state index in [0.29, 0.717) is 51.7 Å². The third-order valence-electron chi connectivity index (χ3n) is 6.28. The monoisotopic (exact) mass is 555 g/mol. The van der Waals surface area contributed by atoms with Crippen LogP contribution in [0.4, 0.5) is 0 Å². The van der Waals surface area contributed by atoms with E-state index < -0.39 is 0 Å². The molecular weight excluding hydrogens is 526 g/mol. The van der Waals surface area contributed by atoms with Gasteiger partial charge in [-0.25, -0.2) is 0 Å². The summed E-state index contributed by atoms with van der Waals surface area (Å²) in [7, 11) is 6.34. The molecule has 0 aromatic heterocycles. The van der Waals surface area contributed by atoms with E-state index in [0.717, 1.165) is 28.9 Å². The first-order chi connectivity index (χ1) is 18.5. The molecule has 0 spiro atoms. The zero-order valence-corrected chi connectivity index (χ0v) is 23.4. The van der Waals surface area contributed by atoms with Gasteiger partial charge in [0.15, 0.2) is 23.0 Å². The second kappa shape index (κ2) is 13.0. The van der Waals surface area contributed by atoms with Crippen LogP contribution < -0.4 is 23.7 Å². The lowest BCUT2D eigenvalue weighted by Crippen LogP contribution is -2.06. The molecule has 1 saturated heterocycles. The number of nitriles is 1. The molecule has 0 aliphatic carbocycles. The van der Waals surface area contributed by atoms with Gasteiger partial charge in [-0.3, -0.25) is 0 Å². The first kappa shape index (κ1) is 27.8. The summed E-state index contributed by atoms with van der Waals surface area (Å²) in [5.74, 6) is 3.36. The van der Waals surface area contributed by atoms with Crippen molar-refractivity contribution in [2.24, 2.45) is 0 Å². The molecule has 4 rings (SSSR count). The van der Waals surface area contributed by atoms with Gasteiger partial charge >= 0.3 is 0 Å². The van der Waals surface area contributed by atoms with Gasteiger partial charge in [-0.2, -0.15) is 5.26 Å². The van der Waals surface area contributed by atoms with Crippen molar-refractivity contribution in [3.8, 4) is 34.8 Å². The maximum Gasteiger partial charge on any atom is 0.203 e. The Morgan fingerprint density at radius 2 is 1.39 bits per heavy atom. The van der Waals surface area contributed by atoms with Crippen molar-refractivity contribution in [1.29, 1.82) is 5.26 Å². The van der Waals surface area contributed by atoms with Crippen molar-refractivity contribution in [2.45, 2.75) is 29.9 Å². The molecule has 7 nitrogen and oxygen atoms in total. The Kier molecular flexibility index (Phi) is 9.51. The molecule has 38 heavy (non-hydrogen) atoms. The summed E-state index contributed by atoms with van der Waals surface area (Å²) in [6, 6.07) is 17.5. The van der Waals surface area contributed by atoms with Gasteiger partial charge in [-0.15, -0.1) is 11.8 Å². The molecule has 1 fully saturated rings. The van der Waals surface area contributed by atoms with Gasteiger partial charge in [-0.1, -0.05) is 11.6 Å². The highest BCUT2D eigenvalue weighted by molar-refractivity contribution is 7.99. The fourth-order valence-corrected chi connectivity index (χ4v) is 5.30. The molecule has 0 N–H and O–H groups in total. The third kappa shape index (κ3) is 6.24. The van der Waals surface area contributed by atoms with Crippen LogP contribution in [0, 0.1) is 11.3 Å². The highest BCUT2D eigenvalue weighted by Crippen LogP contribution is 2.47. The third-order valence-corrected chi connectivity index (χ3v) is 7.51. The number of hydrogen-bond donors (Lipinski definition) is 0. The normalized spacial score (nSPS) is 16.5. The molecule has 0 radical (unpaired) electrons. The zero-order chi connectivity index (χ0) is 27.1.